The van der Waals surface area contributed by atoms with Crippen molar-refractivity contribution < 1.29 is 37.4 Å². The van der Waals surface area contributed by atoms with E-state index in [9.17, 15) is 32.7 Å². The van der Waals surface area contributed by atoms with Gasteiger partial charge in [0.05, 0.1) is 6.42 Å². The van der Waals surface area contributed by atoms with Crippen LogP contribution in [0, 0.1) is 0 Å². The number of hydrogen-bond donors (Lipinski definition) is 3. The summed E-state index contributed by atoms with van der Waals surface area (Å²) in [7, 11) is 0. The molecule has 1 saturated carbocycles. The van der Waals surface area contributed by atoms with Crippen LogP contribution in [0.5, 0.6) is 0 Å². The highest BCUT2D eigenvalue weighted by Crippen LogP contribution is 2.44. The Bertz CT molecular complexity index is 1070. The fourth-order valence-corrected chi connectivity index (χ4v) is 4.46. The Kier molecular flexibility index (Phi) is 6.24. The minimum absolute atomic E-state index is 0.143. The number of alkyl halides is 3. The first kappa shape index (κ1) is 23.6. The standard InChI is InChI=1S/C24H23F3N2O5/c25-24(26,27)19(12-20(30)29-23(21(31)32)10-5-11-23)28-22(33)34-13-18-16-8-3-1-6-14(16)15-7-2-4-9-17(15)18/h1-4,6-9,18-19H,5,10-13H2,(H,28,33)(H,29,30)(H,31,32). The number of carbonyl (C=O) groups is 3. The Hall–Kier alpha value is -3.56. The largest absolute Gasteiger partial charge is 0.480 e. The number of nitrogens with one attached hydrogen (secondary N) is 2. The Morgan fingerprint density at radius 1 is 1.03 bits per heavy atom. The van der Waals surface area contributed by atoms with Crippen LogP contribution in [-0.4, -0.2) is 47.4 Å². The summed E-state index contributed by atoms with van der Waals surface area (Å²) in [6.07, 6.45) is -6.56. The lowest BCUT2D eigenvalue weighted by atomic mass is 9.76. The minimum Gasteiger partial charge on any atom is -0.480 e. The van der Waals surface area contributed by atoms with Crippen molar-refractivity contribution in [3.8, 4) is 11.1 Å². The van der Waals surface area contributed by atoms with E-state index in [1.54, 1.807) is 5.32 Å². The number of carboxylic acids is 1. The van der Waals surface area contributed by atoms with Crippen LogP contribution in [0.3, 0.4) is 0 Å². The summed E-state index contributed by atoms with van der Waals surface area (Å²) >= 11 is 0. The molecule has 2 amide bonds. The first-order chi connectivity index (χ1) is 16.1. The molecule has 0 bridgehead atoms. The molecule has 7 nitrogen and oxygen atoms in total. The molecular formula is C24H23F3N2O5. The molecule has 2 aliphatic rings. The van der Waals surface area contributed by atoms with Crippen molar-refractivity contribution in [1.82, 2.24) is 10.6 Å². The third-order valence-electron chi connectivity index (χ3n) is 6.42. The highest BCUT2D eigenvalue weighted by Gasteiger charge is 2.48. The van der Waals surface area contributed by atoms with Crippen LogP contribution >= 0.6 is 0 Å². The zero-order chi connectivity index (χ0) is 24.5. The fraction of sp³-hybridized carbons (Fsp3) is 0.375. The van der Waals surface area contributed by atoms with Crippen LogP contribution < -0.4 is 10.6 Å². The molecular weight excluding hydrogens is 453 g/mol. The molecule has 0 spiro atoms. The van der Waals surface area contributed by atoms with E-state index in [0.29, 0.717) is 6.42 Å². The zero-order valence-corrected chi connectivity index (χ0v) is 18.0. The zero-order valence-electron chi connectivity index (χ0n) is 18.0. The van der Waals surface area contributed by atoms with Crippen molar-refractivity contribution in [3.63, 3.8) is 0 Å². The van der Waals surface area contributed by atoms with Crippen molar-refractivity contribution in [3.05, 3.63) is 59.7 Å². The van der Waals surface area contributed by atoms with Gasteiger partial charge in [0.15, 0.2) is 0 Å². The highest BCUT2D eigenvalue weighted by molar-refractivity contribution is 5.88. The van der Waals surface area contributed by atoms with Gasteiger partial charge in [-0.25, -0.2) is 9.59 Å². The van der Waals surface area contributed by atoms with Gasteiger partial charge in [-0.2, -0.15) is 13.2 Å². The van der Waals surface area contributed by atoms with Crippen molar-refractivity contribution >= 4 is 18.0 Å². The van der Waals surface area contributed by atoms with Crippen molar-refractivity contribution in [1.29, 1.82) is 0 Å². The Balaban J connectivity index is 1.39. The maximum atomic E-state index is 13.5. The molecule has 4 rings (SSSR count). The number of alkyl carbamates (subject to hydrolysis) is 1. The van der Waals surface area contributed by atoms with E-state index in [2.05, 4.69) is 5.32 Å². The average molecular weight is 476 g/mol. The van der Waals surface area contributed by atoms with Gasteiger partial charge in [0.2, 0.25) is 5.91 Å². The van der Waals surface area contributed by atoms with E-state index < -0.39 is 42.1 Å². The lowest BCUT2D eigenvalue weighted by Gasteiger charge is -2.38. The summed E-state index contributed by atoms with van der Waals surface area (Å²) in [4.78, 5) is 35.8. The lowest BCUT2D eigenvalue weighted by Crippen LogP contribution is -2.60. The summed E-state index contributed by atoms with van der Waals surface area (Å²) in [5, 5.41) is 13.1. The molecule has 0 aliphatic heterocycles. The van der Waals surface area contributed by atoms with Crippen LogP contribution in [0.2, 0.25) is 0 Å². The number of carbonyl (C=O) groups excluding carboxylic acids is 2. The number of ether oxygens (including phenoxy) is 1. The topological polar surface area (TPSA) is 105 Å². The van der Waals surface area contributed by atoms with E-state index in [1.807, 2.05) is 48.5 Å². The minimum atomic E-state index is -4.93. The van der Waals surface area contributed by atoms with E-state index in [-0.39, 0.29) is 25.4 Å². The Morgan fingerprint density at radius 3 is 2.06 bits per heavy atom. The maximum Gasteiger partial charge on any atom is 0.409 e. The second-order valence-corrected chi connectivity index (χ2v) is 8.56. The first-order valence-electron chi connectivity index (χ1n) is 10.8. The van der Waals surface area contributed by atoms with E-state index in [0.717, 1.165) is 22.3 Å². The summed E-state index contributed by atoms with van der Waals surface area (Å²) in [5.41, 5.74) is 2.21. The number of benzene rings is 2. The van der Waals surface area contributed by atoms with E-state index >= 15 is 0 Å². The highest BCUT2D eigenvalue weighted by atomic mass is 19.4. The molecule has 180 valence electrons. The number of aliphatic carboxylic acids is 1. The van der Waals surface area contributed by atoms with Gasteiger partial charge in [-0.05, 0) is 41.5 Å². The van der Waals surface area contributed by atoms with Gasteiger partial charge >= 0.3 is 18.2 Å². The normalized spacial score (nSPS) is 17.0. The molecule has 0 heterocycles. The van der Waals surface area contributed by atoms with Crippen molar-refractivity contribution in [2.24, 2.45) is 0 Å². The molecule has 34 heavy (non-hydrogen) atoms. The van der Waals surface area contributed by atoms with Gasteiger partial charge in [0.25, 0.3) is 0 Å². The number of halogens is 3. The molecule has 0 aromatic heterocycles. The third-order valence-corrected chi connectivity index (χ3v) is 6.42. The van der Waals surface area contributed by atoms with Crippen LogP contribution in [-0.2, 0) is 14.3 Å². The van der Waals surface area contributed by atoms with Crippen molar-refractivity contribution in [2.75, 3.05) is 6.61 Å². The predicted octanol–water partition coefficient (Wildman–Crippen LogP) is 3.97. The van der Waals surface area contributed by atoms with Crippen LogP contribution in [0.15, 0.2) is 48.5 Å². The SMILES string of the molecule is O=C(CC(NC(=O)OCC1c2ccccc2-c2ccccc21)C(F)(F)F)NC1(C(=O)O)CCC1. The smallest absolute Gasteiger partial charge is 0.409 e. The third kappa shape index (κ3) is 4.57. The molecule has 3 N–H and O–H groups in total. The number of hydrogen-bond acceptors (Lipinski definition) is 4. The van der Waals surface area contributed by atoms with Gasteiger partial charge in [-0.15, -0.1) is 0 Å². The molecule has 0 saturated heterocycles. The first-order valence-corrected chi connectivity index (χ1v) is 10.8. The number of amides is 2. The second-order valence-electron chi connectivity index (χ2n) is 8.56. The van der Waals surface area contributed by atoms with E-state index in [4.69, 9.17) is 4.74 Å². The average Bonchev–Trinajstić information content (AvgIpc) is 3.07. The molecule has 1 fully saturated rings. The molecule has 2 aromatic carbocycles. The predicted molar refractivity (Wildman–Crippen MR) is 115 cm³/mol. The van der Waals surface area contributed by atoms with Crippen LogP contribution in [0.4, 0.5) is 18.0 Å². The van der Waals surface area contributed by atoms with Gasteiger partial charge < -0.3 is 20.5 Å². The number of rotatable bonds is 7. The lowest BCUT2D eigenvalue weighted by molar-refractivity contribution is -0.162. The molecule has 2 aromatic rings. The van der Waals surface area contributed by atoms with Gasteiger partial charge in [0, 0.05) is 5.92 Å². The van der Waals surface area contributed by atoms with Crippen LogP contribution in [0.25, 0.3) is 11.1 Å². The second kappa shape index (κ2) is 9.00. The molecule has 10 heteroatoms. The Labute approximate surface area is 193 Å². The van der Waals surface area contributed by atoms with Gasteiger partial charge in [-0.3, -0.25) is 4.79 Å². The monoisotopic (exact) mass is 476 g/mol. The van der Waals surface area contributed by atoms with Gasteiger partial charge in [0.1, 0.15) is 18.2 Å². The van der Waals surface area contributed by atoms with Crippen molar-refractivity contribution in [2.45, 2.75) is 49.4 Å². The fourth-order valence-electron chi connectivity index (χ4n) is 4.46. The van der Waals surface area contributed by atoms with Crippen LogP contribution in [0.1, 0.15) is 42.7 Å². The van der Waals surface area contributed by atoms with Gasteiger partial charge in [-0.1, -0.05) is 48.5 Å². The number of carboxylic acid groups (broad SMARTS) is 1. The molecule has 1 unspecified atom stereocenters. The molecule has 2 aliphatic carbocycles. The summed E-state index contributed by atoms with van der Waals surface area (Å²) in [5.74, 6) is -2.73. The molecule has 1 atom stereocenters. The summed E-state index contributed by atoms with van der Waals surface area (Å²) < 4.78 is 45.6. The van der Waals surface area contributed by atoms with E-state index in [1.165, 1.54) is 0 Å². The maximum absolute atomic E-state index is 13.5. The summed E-state index contributed by atoms with van der Waals surface area (Å²) in [6, 6.07) is 12.5. The quantitative estimate of drug-likeness (QED) is 0.561. The Morgan fingerprint density at radius 2 is 1.59 bits per heavy atom. The molecule has 0 radical (unpaired) electrons. The summed E-state index contributed by atoms with van der Waals surface area (Å²) in [6.45, 7) is -0.182. The number of fused-ring (bicyclic) bond motifs is 3.